The van der Waals surface area contributed by atoms with Gasteiger partial charge in [-0.15, -0.1) is 0 Å². The van der Waals surface area contributed by atoms with Gasteiger partial charge in [-0.25, -0.2) is 4.79 Å². The molecule has 0 aromatic carbocycles. The fourth-order valence-electron chi connectivity index (χ4n) is 2.07. The molecule has 0 saturated carbocycles. The van der Waals surface area contributed by atoms with Gasteiger partial charge >= 0.3 is 5.97 Å². The fourth-order valence-corrected chi connectivity index (χ4v) is 2.07. The minimum absolute atomic E-state index is 0.359. The first-order valence-corrected chi connectivity index (χ1v) is 7.32. The first kappa shape index (κ1) is 17.3. The molecule has 0 saturated heterocycles. The predicted octanol–water partition coefficient (Wildman–Crippen LogP) is 1.93. The van der Waals surface area contributed by atoms with Gasteiger partial charge in [0.25, 0.3) is 0 Å². The molecule has 116 valence electrons. The average molecular weight is 291 g/mol. The Hall–Kier alpha value is -1.80. The molecular formula is C16H25N3O2. The molecule has 0 amide bonds. The zero-order valence-electron chi connectivity index (χ0n) is 13.9. The Labute approximate surface area is 127 Å². The topological polar surface area (TPSA) is 47.4 Å². The zero-order chi connectivity index (χ0) is 16.0. The van der Waals surface area contributed by atoms with E-state index in [2.05, 4.69) is 35.7 Å². The molecule has 0 aliphatic heterocycles. The van der Waals surface area contributed by atoms with E-state index >= 15 is 0 Å². The van der Waals surface area contributed by atoms with Crippen LogP contribution in [0.1, 0.15) is 42.5 Å². The molecule has 1 atom stereocenters. The second-order valence-corrected chi connectivity index (χ2v) is 5.00. The quantitative estimate of drug-likeness (QED) is 0.614. The van der Waals surface area contributed by atoms with Crippen molar-refractivity contribution in [1.29, 1.82) is 0 Å². The summed E-state index contributed by atoms with van der Waals surface area (Å²) in [6, 6.07) is 0. The number of hydrogen-bond donors (Lipinski definition) is 0. The van der Waals surface area contributed by atoms with Gasteiger partial charge in [-0.2, -0.15) is 5.10 Å². The Bertz CT molecular complexity index is 548. The van der Waals surface area contributed by atoms with E-state index in [0.29, 0.717) is 17.8 Å². The Balaban J connectivity index is 2.65. The van der Waals surface area contributed by atoms with Crippen LogP contribution in [0.15, 0.2) is 0 Å². The van der Waals surface area contributed by atoms with E-state index < -0.39 is 6.10 Å². The lowest BCUT2D eigenvalue weighted by Gasteiger charge is -2.13. The van der Waals surface area contributed by atoms with Crippen molar-refractivity contribution < 1.29 is 9.53 Å². The molecule has 0 spiro atoms. The average Bonchev–Trinajstić information content (AvgIpc) is 2.68. The van der Waals surface area contributed by atoms with Crippen LogP contribution in [0, 0.1) is 25.7 Å². The Morgan fingerprint density at radius 1 is 1.38 bits per heavy atom. The van der Waals surface area contributed by atoms with Crippen LogP contribution in [0.4, 0.5) is 0 Å². The first-order chi connectivity index (χ1) is 9.90. The number of carbonyl (C=O) groups is 1. The Morgan fingerprint density at radius 2 is 2.00 bits per heavy atom. The summed E-state index contributed by atoms with van der Waals surface area (Å²) in [6.07, 6.45) is -0.424. The highest BCUT2D eigenvalue weighted by Gasteiger charge is 2.20. The van der Waals surface area contributed by atoms with Crippen LogP contribution in [0.5, 0.6) is 0 Å². The SMILES string of the molecule is CCN(CC)CC#CC(C)OC(=O)c1c(C)nn(C)c1C. The fraction of sp³-hybridized carbons (Fsp3) is 0.625. The van der Waals surface area contributed by atoms with Crippen molar-refractivity contribution in [2.75, 3.05) is 19.6 Å². The number of carbonyl (C=O) groups excluding carboxylic acids is 1. The molecule has 5 nitrogen and oxygen atoms in total. The Kier molecular flexibility index (Phi) is 6.44. The second kappa shape index (κ2) is 7.84. The van der Waals surface area contributed by atoms with Crippen molar-refractivity contribution in [2.24, 2.45) is 7.05 Å². The molecular weight excluding hydrogens is 266 g/mol. The van der Waals surface area contributed by atoms with E-state index in [1.807, 2.05) is 14.0 Å². The lowest BCUT2D eigenvalue weighted by molar-refractivity contribution is 0.0436. The maximum Gasteiger partial charge on any atom is 0.343 e. The number of hydrogen-bond acceptors (Lipinski definition) is 4. The van der Waals surface area contributed by atoms with Gasteiger partial charge in [0.1, 0.15) is 5.56 Å². The van der Waals surface area contributed by atoms with Gasteiger partial charge in [0.2, 0.25) is 0 Å². The predicted molar refractivity (Wildman–Crippen MR) is 83.1 cm³/mol. The molecule has 5 heteroatoms. The molecule has 0 fully saturated rings. The third-order valence-corrected chi connectivity index (χ3v) is 3.50. The number of esters is 1. The van der Waals surface area contributed by atoms with Crippen molar-refractivity contribution >= 4 is 5.97 Å². The molecule has 1 unspecified atom stereocenters. The monoisotopic (exact) mass is 291 g/mol. The lowest BCUT2D eigenvalue weighted by atomic mass is 10.2. The van der Waals surface area contributed by atoms with Gasteiger partial charge < -0.3 is 4.74 Å². The van der Waals surface area contributed by atoms with Crippen LogP contribution in [0.2, 0.25) is 0 Å². The Morgan fingerprint density at radius 3 is 2.48 bits per heavy atom. The molecule has 0 radical (unpaired) electrons. The van der Waals surface area contributed by atoms with Crippen LogP contribution in [0.25, 0.3) is 0 Å². The van der Waals surface area contributed by atoms with E-state index in [0.717, 1.165) is 18.8 Å². The minimum Gasteiger partial charge on any atom is -0.446 e. The van der Waals surface area contributed by atoms with Crippen LogP contribution >= 0.6 is 0 Å². The zero-order valence-corrected chi connectivity index (χ0v) is 13.9. The van der Waals surface area contributed by atoms with Gasteiger partial charge in [0.05, 0.1) is 12.2 Å². The van der Waals surface area contributed by atoms with Gasteiger partial charge in [0, 0.05) is 12.7 Å². The van der Waals surface area contributed by atoms with Gasteiger partial charge in [-0.1, -0.05) is 25.7 Å². The molecule has 21 heavy (non-hydrogen) atoms. The normalized spacial score (nSPS) is 12.0. The van der Waals surface area contributed by atoms with Crippen molar-refractivity contribution in [1.82, 2.24) is 14.7 Å². The number of aromatic nitrogens is 2. The first-order valence-electron chi connectivity index (χ1n) is 7.32. The lowest BCUT2D eigenvalue weighted by Crippen LogP contribution is -2.23. The highest BCUT2D eigenvalue weighted by molar-refractivity contribution is 5.92. The summed E-state index contributed by atoms with van der Waals surface area (Å²) < 4.78 is 7.06. The molecule has 0 aliphatic rings. The van der Waals surface area contributed by atoms with Crippen molar-refractivity contribution in [2.45, 2.75) is 40.7 Å². The smallest absolute Gasteiger partial charge is 0.343 e. The molecule has 1 aromatic rings. The summed E-state index contributed by atoms with van der Waals surface area (Å²) in [4.78, 5) is 14.4. The third-order valence-electron chi connectivity index (χ3n) is 3.50. The summed E-state index contributed by atoms with van der Waals surface area (Å²) in [7, 11) is 1.81. The number of aryl methyl sites for hydroxylation is 2. The molecule has 0 N–H and O–H groups in total. The minimum atomic E-state index is -0.424. The maximum absolute atomic E-state index is 12.2. The summed E-state index contributed by atoms with van der Waals surface area (Å²) in [5.74, 6) is 5.66. The van der Waals surface area contributed by atoms with E-state index in [-0.39, 0.29) is 5.97 Å². The van der Waals surface area contributed by atoms with Crippen molar-refractivity contribution in [3.8, 4) is 11.8 Å². The molecule has 1 heterocycles. The van der Waals surface area contributed by atoms with Gasteiger partial charge in [0.15, 0.2) is 6.10 Å². The number of rotatable bonds is 5. The third kappa shape index (κ3) is 4.61. The standard InChI is InChI=1S/C16H25N3O2/c1-7-19(8-2)11-9-10-12(3)21-16(20)15-13(4)17-18(6)14(15)5/h12H,7-8,11H2,1-6H3. The highest BCUT2D eigenvalue weighted by Crippen LogP contribution is 2.14. The number of nitrogens with zero attached hydrogens (tertiary/aromatic N) is 3. The van der Waals surface area contributed by atoms with E-state index in [1.54, 1.807) is 18.5 Å². The summed E-state index contributed by atoms with van der Waals surface area (Å²) in [5.41, 5.74) is 2.03. The molecule has 1 aromatic heterocycles. The summed E-state index contributed by atoms with van der Waals surface area (Å²) >= 11 is 0. The van der Waals surface area contributed by atoms with Crippen LogP contribution in [0.3, 0.4) is 0 Å². The maximum atomic E-state index is 12.2. The van der Waals surface area contributed by atoms with Crippen LogP contribution < -0.4 is 0 Å². The van der Waals surface area contributed by atoms with E-state index in [9.17, 15) is 4.79 Å². The largest absolute Gasteiger partial charge is 0.446 e. The summed E-state index contributed by atoms with van der Waals surface area (Å²) in [5, 5.41) is 4.22. The van der Waals surface area contributed by atoms with E-state index in [1.165, 1.54) is 0 Å². The van der Waals surface area contributed by atoms with Gasteiger partial charge in [-0.05, 0) is 33.9 Å². The van der Waals surface area contributed by atoms with Gasteiger partial charge in [-0.3, -0.25) is 9.58 Å². The van der Waals surface area contributed by atoms with Crippen molar-refractivity contribution in [3.05, 3.63) is 17.0 Å². The van der Waals surface area contributed by atoms with E-state index in [4.69, 9.17) is 4.74 Å². The molecule has 0 aliphatic carbocycles. The highest BCUT2D eigenvalue weighted by atomic mass is 16.5. The molecule has 1 rings (SSSR count). The van der Waals surface area contributed by atoms with Crippen molar-refractivity contribution in [3.63, 3.8) is 0 Å². The number of ether oxygens (including phenoxy) is 1. The van der Waals surface area contributed by atoms with Crippen LogP contribution in [-0.2, 0) is 11.8 Å². The molecule has 0 bridgehead atoms. The van der Waals surface area contributed by atoms with Crippen LogP contribution in [-0.4, -0.2) is 46.4 Å². The summed E-state index contributed by atoms with van der Waals surface area (Å²) in [6.45, 7) is 12.3. The second-order valence-electron chi connectivity index (χ2n) is 5.00.